The zero-order valence-electron chi connectivity index (χ0n) is 11.1. The highest BCUT2D eigenvalue weighted by Gasteiger charge is 2.13. The molecule has 0 radical (unpaired) electrons. The molecule has 3 rings (SSSR count). The fourth-order valence-corrected chi connectivity index (χ4v) is 2.52. The predicted octanol–water partition coefficient (Wildman–Crippen LogP) is 2.97. The zero-order chi connectivity index (χ0) is 14.1. The molecule has 5 heteroatoms. The second-order valence-electron chi connectivity index (χ2n) is 4.79. The molecule has 4 nitrogen and oxygen atoms in total. The van der Waals surface area contributed by atoms with Crippen LogP contribution in [-0.4, -0.2) is 14.5 Å². The summed E-state index contributed by atoms with van der Waals surface area (Å²) in [5.41, 5.74) is 9.24. The van der Waals surface area contributed by atoms with Gasteiger partial charge >= 0.3 is 0 Å². The first-order valence-electron chi connectivity index (χ1n) is 6.42. The number of halogens is 1. The smallest absolute Gasteiger partial charge is 0.111 e. The van der Waals surface area contributed by atoms with Gasteiger partial charge in [-0.05, 0) is 40.2 Å². The number of imidazole rings is 1. The van der Waals surface area contributed by atoms with E-state index >= 15 is 0 Å². The zero-order valence-corrected chi connectivity index (χ0v) is 12.7. The van der Waals surface area contributed by atoms with Gasteiger partial charge < -0.3 is 10.3 Å². The van der Waals surface area contributed by atoms with Crippen molar-refractivity contribution in [3.8, 4) is 0 Å². The Balaban J connectivity index is 1.89. The Morgan fingerprint density at radius 3 is 2.75 bits per heavy atom. The van der Waals surface area contributed by atoms with E-state index in [1.165, 1.54) is 0 Å². The van der Waals surface area contributed by atoms with Crippen molar-refractivity contribution in [3.05, 3.63) is 58.6 Å². The summed E-state index contributed by atoms with van der Waals surface area (Å²) >= 11 is 3.38. The number of pyridine rings is 1. The van der Waals surface area contributed by atoms with Gasteiger partial charge in [0, 0.05) is 24.1 Å². The van der Waals surface area contributed by atoms with E-state index in [0.29, 0.717) is 6.42 Å². The number of aromatic nitrogens is 3. The Hall–Kier alpha value is -1.72. The standard InChI is InChI=1S/C15H15BrN4/c1-20-14-5-3-2-4-13(14)19-15(20)8-11(17)12-7-6-10(16)9-18-12/h2-7,9,11H,8,17H2,1H3. The Labute approximate surface area is 125 Å². The molecule has 1 unspecified atom stereocenters. The van der Waals surface area contributed by atoms with Crippen molar-refractivity contribution >= 4 is 27.0 Å². The maximum Gasteiger partial charge on any atom is 0.111 e. The van der Waals surface area contributed by atoms with Crippen molar-refractivity contribution in [2.75, 3.05) is 0 Å². The summed E-state index contributed by atoms with van der Waals surface area (Å²) in [5.74, 6) is 0.975. The largest absolute Gasteiger partial charge is 0.331 e. The predicted molar refractivity (Wildman–Crippen MR) is 83.3 cm³/mol. The fourth-order valence-electron chi connectivity index (χ4n) is 2.29. The minimum Gasteiger partial charge on any atom is -0.331 e. The van der Waals surface area contributed by atoms with Crippen molar-refractivity contribution < 1.29 is 0 Å². The van der Waals surface area contributed by atoms with Gasteiger partial charge in [-0.3, -0.25) is 4.98 Å². The molecule has 1 atom stereocenters. The maximum absolute atomic E-state index is 6.24. The van der Waals surface area contributed by atoms with Crippen LogP contribution in [0.2, 0.25) is 0 Å². The minimum atomic E-state index is -0.154. The van der Waals surface area contributed by atoms with E-state index in [0.717, 1.165) is 27.0 Å². The topological polar surface area (TPSA) is 56.7 Å². The Kier molecular flexibility index (Phi) is 3.54. The first-order valence-corrected chi connectivity index (χ1v) is 7.22. The van der Waals surface area contributed by atoms with Crippen LogP contribution in [-0.2, 0) is 13.5 Å². The van der Waals surface area contributed by atoms with Crippen molar-refractivity contribution in [2.45, 2.75) is 12.5 Å². The van der Waals surface area contributed by atoms with Crippen LogP contribution < -0.4 is 5.73 Å². The van der Waals surface area contributed by atoms with E-state index in [2.05, 4.69) is 36.5 Å². The molecule has 0 amide bonds. The maximum atomic E-state index is 6.24. The summed E-state index contributed by atoms with van der Waals surface area (Å²) in [6, 6.07) is 11.8. The molecule has 0 spiro atoms. The molecule has 2 aromatic heterocycles. The van der Waals surface area contributed by atoms with Crippen molar-refractivity contribution in [3.63, 3.8) is 0 Å². The molecule has 20 heavy (non-hydrogen) atoms. The van der Waals surface area contributed by atoms with Gasteiger partial charge in [0.2, 0.25) is 0 Å². The summed E-state index contributed by atoms with van der Waals surface area (Å²) in [7, 11) is 2.02. The van der Waals surface area contributed by atoms with Crippen LogP contribution in [0.1, 0.15) is 17.6 Å². The van der Waals surface area contributed by atoms with E-state index in [1.54, 1.807) is 6.20 Å². The highest BCUT2D eigenvalue weighted by Crippen LogP contribution is 2.19. The number of para-hydroxylation sites is 2. The first kappa shape index (κ1) is 13.3. The summed E-state index contributed by atoms with van der Waals surface area (Å²) in [6.07, 6.45) is 2.43. The van der Waals surface area contributed by atoms with Crippen LogP contribution in [0, 0.1) is 0 Å². The number of hydrogen-bond acceptors (Lipinski definition) is 3. The first-order chi connectivity index (χ1) is 9.65. The van der Waals surface area contributed by atoms with Gasteiger partial charge in [-0.15, -0.1) is 0 Å². The summed E-state index contributed by atoms with van der Waals surface area (Å²) in [5, 5.41) is 0. The quantitative estimate of drug-likeness (QED) is 0.803. The van der Waals surface area contributed by atoms with E-state index in [1.807, 2.05) is 37.4 Å². The van der Waals surface area contributed by atoms with E-state index < -0.39 is 0 Å². The number of nitrogens with zero attached hydrogens (tertiary/aromatic N) is 3. The summed E-state index contributed by atoms with van der Waals surface area (Å²) in [4.78, 5) is 8.99. The van der Waals surface area contributed by atoms with Crippen LogP contribution in [0.5, 0.6) is 0 Å². The number of hydrogen-bond donors (Lipinski definition) is 1. The molecule has 2 heterocycles. The van der Waals surface area contributed by atoms with E-state index in [4.69, 9.17) is 5.73 Å². The number of rotatable bonds is 3. The second-order valence-corrected chi connectivity index (χ2v) is 5.70. The van der Waals surface area contributed by atoms with Gasteiger partial charge in [-0.25, -0.2) is 4.98 Å². The van der Waals surface area contributed by atoms with Gasteiger partial charge in [-0.1, -0.05) is 12.1 Å². The normalized spacial score (nSPS) is 12.8. The highest BCUT2D eigenvalue weighted by molar-refractivity contribution is 9.10. The molecule has 1 aromatic carbocycles. The van der Waals surface area contributed by atoms with Gasteiger partial charge in [0.1, 0.15) is 5.82 Å². The molecule has 102 valence electrons. The van der Waals surface area contributed by atoms with Gasteiger partial charge in [0.05, 0.1) is 22.8 Å². The van der Waals surface area contributed by atoms with Crippen LogP contribution in [0.3, 0.4) is 0 Å². The molecule has 0 aliphatic carbocycles. The average molecular weight is 331 g/mol. The van der Waals surface area contributed by atoms with Crippen molar-refractivity contribution in [1.82, 2.24) is 14.5 Å². The Morgan fingerprint density at radius 2 is 2.05 bits per heavy atom. The number of aryl methyl sites for hydroxylation is 1. The minimum absolute atomic E-state index is 0.154. The lowest BCUT2D eigenvalue weighted by Crippen LogP contribution is -2.17. The number of benzene rings is 1. The Morgan fingerprint density at radius 1 is 1.25 bits per heavy atom. The van der Waals surface area contributed by atoms with Gasteiger partial charge in [0.15, 0.2) is 0 Å². The van der Waals surface area contributed by atoms with Crippen LogP contribution >= 0.6 is 15.9 Å². The molecule has 3 aromatic rings. The Bertz CT molecular complexity index is 733. The van der Waals surface area contributed by atoms with Gasteiger partial charge in [0.25, 0.3) is 0 Å². The molecule has 2 N–H and O–H groups in total. The van der Waals surface area contributed by atoms with E-state index in [9.17, 15) is 0 Å². The fraction of sp³-hybridized carbons (Fsp3) is 0.200. The number of nitrogens with two attached hydrogens (primary N) is 1. The lowest BCUT2D eigenvalue weighted by Gasteiger charge is -2.11. The SMILES string of the molecule is Cn1c(CC(N)c2ccc(Br)cn2)nc2ccccc21. The third-order valence-corrected chi connectivity index (χ3v) is 3.88. The molecular formula is C15H15BrN4. The molecule has 0 saturated carbocycles. The van der Waals surface area contributed by atoms with Crippen molar-refractivity contribution in [2.24, 2.45) is 12.8 Å². The molecule has 0 aliphatic heterocycles. The third kappa shape index (κ3) is 2.46. The lowest BCUT2D eigenvalue weighted by atomic mass is 10.1. The summed E-state index contributed by atoms with van der Waals surface area (Å²) in [6.45, 7) is 0. The average Bonchev–Trinajstić information content (AvgIpc) is 2.77. The molecular weight excluding hydrogens is 316 g/mol. The molecule has 0 saturated heterocycles. The lowest BCUT2D eigenvalue weighted by molar-refractivity contribution is 0.648. The van der Waals surface area contributed by atoms with Crippen LogP contribution in [0.25, 0.3) is 11.0 Å². The van der Waals surface area contributed by atoms with E-state index in [-0.39, 0.29) is 6.04 Å². The van der Waals surface area contributed by atoms with Crippen molar-refractivity contribution in [1.29, 1.82) is 0 Å². The molecule has 0 fully saturated rings. The molecule has 0 aliphatic rings. The van der Waals surface area contributed by atoms with Gasteiger partial charge in [-0.2, -0.15) is 0 Å². The third-order valence-electron chi connectivity index (χ3n) is 3.41. The van der Waals surface area contributed by atoms with Crippen LogP contribution in [0.4, 0.5) is 0 Å². The number of fused-ring (bicyclic) bond motifs is 1. The van der Waals surface area contributed by atoms with Crippen LogP contribution in [0.15, 0.2) is 47.1 Å². The highest BCUT2D eigenvalue weighted by atomic mass is 79.9. The summed E-state index contributed by atoms with van der Waals surface area (Å²) < 4.78 is 3.05. The monoisotopic (exact) mass is 330 g/mol. The second kappa shape index (κ2) is 5.34. The molecule has 0 bridgehead atoms.